The number of nitrogens with zero attached hydrogens (tertiary/aromatic N) is 2. The second-order valence-electron chi connectivity index (χ2n) is 6.21. The van der Waals surface area contributed by atoms with Crippen molar-refractivity contribution in [3.8, 4) is 0 Å². The molecule has 0 N–H and O–H groups in total. The number of para-hydroxylation sites is 2. The summed E-state index contributed by atoms with van der Waals surface area (Å²) < 4.78 is 3.49. The van der Waals surface area contributed by atoms with Crippen molar-refractivity contribution in [3.63, 3.8) is 0 Å². The molecule has 5 rings (SSSR count). The van der Waals surface area contributed by atoms with Crippen LogP contribution in [-0.2, 0) is 7.05 Å². The van der Waals surface area contributed by atoms with Crippen molar-refractivity contribution in [3.05, 3.63) is 77.3 Å². The Kier molecular flexibility index (Phi) is 3.22. The predicted octanol–water partition coefficient (Wildman–Crippen LogP) is 6.11. The summed E-state index contributed by atoms with van der Waals surface area (Å²) >= 11 is 1.72. The summed E-state index contributed by atoms with van der Waals surface area (Å²) in [5.41, 5.74) is 4.78. The predicted molar refractivity (Wildman–Crippen MR) is 109 cm³/mol. The molecule has 120 valence electrons. The highest BCUT2D eigenvalue weighted by molar-refractivity contribution is 7.19. The van der Waals surface area contributed by atoms with Crippen molar-refractivity contribution in [2.45, 2.75) is 0 Å². The zero-order chi connectivity index (χ0) is 16.8. The molecule has 0 aliphatic carbocycles. The van der Waals surface area contributed by atoms with Crippen LogP contribution in [-0.4, -0.2) is 9.55 Å². The second kappa shape index (κ2) is 5.57. The molecule has 0 saturated carbocycles. The summed E-state index contributed by atoms with van der Waals surface area (Å²) in [6.07, 6.45) is 4.25. The van der Waals surface area contributed by atoms with Gasteiger partial charge in [0.25, 0.3) is 0 Å². The zero-order valence-corrected chi connectivity index (χ0v) is 14.6. The van der Waals surface area contributed by atoms with Gasteiger partial charge in [0.1, 0.15) is 5.01 Å². The van der Waals surface area contributed by atoms with E-state index in [0.717, 1.165) is 10.5 Å². The van der Waals surface area contributed by atoms with Gasteiger partial charge < -0.3 is 4.57 Å². The molecule has 0 unspecified atom stereocenters. The Bertz CT molecular complexity index is 1220. The van der Waals surface area contributed by atoms with Gasteiger partial charge in [0, 0.05) is 28.9 Å². The molecular formula is C22H16N2S. The van der Waals surface area contributed by atoms with Gasteiger partial charge in [-0.3, -0.25) is 0 Å². The topological polar surface area (TPSA) is 17.8 Å². The fourth-order valence-corrected chi connectivity index (χ4v) is 4.28. The molecule has 3 heteroatoms. The van der Waals surface area contributed by atoms with Gasteiger partial charge in [0.05, 0.1) is 10.2 Å². The summed E-state index contributed by atoms with van der Waals surface area (Å²) in [7, 11) is 2.13. The first-order valence-electron chi connectivity index (χ1n) is 8.30. The maximum Gasteiger partial charge on any atom is 0.117 e. The molecule has 2 aromatic heterocycles. The minimum absolute atomic E-state index is 1.04. The van der Waals surface area contributed by atoms with Crippen LogP contribution in [0.1, 0.15) is 10.6 Å². The lowest BCUT2D eigenvalue weighted by molar-refractivity contribution is 1.01. The molecule has 0 amide bonds. The first-order chi connectivity index (χ1) is 12.3. The number of rotatable bonds is 2. The normalized spacial score (nSPS) is 12.0. The Balaban J connectivity index is 1.58. The molecule has 5 aromatic rings. The van der Waals surface area contributed by atoms with Gasteiger partial charge >= 0.3 is 0 Å². The van der Waals surface area contributed by atoms with Crippen molar-refractivity contribution >= 4 is 55.5 Å². The molecule has 0 aliphatic heterocycles. The molecule has 0 radical (unpaired) electrons. The summed E-state index contributed by atoms with van der Waals surface area (Å²) in [6.45, 7) is 0. The Hall–Kier alpha value is -2.91. The number of aryl methyl sites for hydroxylation is 1. The molecule has 0 spiro atoms. The van der Waals surface area contributed by atoms with Crippen LogP contribution in [0.2, 0.25) is 0 Å². The largest absolute Gasteiger partial charge is 0.344 e. The van der Waals surface area contributed by atoms with E-state index in [1.54, 1.807) is 11.3 Å². The number of fused-ring (bicyclic) bond motifs is 4. The van der Waals surface area contributed by atoms with E-state index in [-0.39, 0.29) is 0 Å². The second-order valence-corrected chi connectivity index (χ2v) is 7.27. The van der Waals surface area contributed by atoms with Crippen molar-refractivity contribution in [2.75, 3.05) is 0 Å². The molecule has 2 heterocycles. The molecule has 0 bridgehead atoms. The van der Waals surface area contributed by atoms with E-state index in [9.17, 15) is 0 Å². The SMILES string of the molecule is Cn1c2ccccc2c2ccc(/C=C/c3nc4ccccc4s3)cc21. The highest BCUT2D eigenvalue weighted by Gasteiger charge is 2.07. The van der Waals surface area contributed by atoms with Gasteiger partial charge in [0.2, 0.25) is 0 Å². The lowest BCUT2D eigenvalue weighted by atomic mass is 10.1. The standard InChI is InChI=1S/C22H16N2S/c1-24-19-8-4-2-6-16(19)17-12-10-15(14-20(17)24)11-13-22-23-18-7-3-5-9-21(18)25-22/h2-14H,1H3/b13-11+. The van der Waals surface area contributed by atoms with Gasteiger partial charge in [-0.1, -0.05) is 48.5 Å². The van der Waals surface area contributed by atoms with Gasteiger partial charge in [-0.15, -0.1) is 11.3 Å². The highest BCUT2D eigenvalue weighted by Crippen LogP contribution is 2.29. The average molecular weight is 340 g/mol. The smallest absolute Gasteiger partial charge is 0.117 e. The number of thiazole rings is 1. The lowest BCUT2D eigenvalue weighted by Gasteiger charge is -1.99. The first-order valence-corrected chi connectivity index (χ1v) is 9.12. The summed E-state index contributed by atoms with van der Waals surface area (Å²) in [5, 5.41) is 3.65. The molecule has 0 atom stereocenters. The quantitative estimate of drug-likeness (QED) is 0.379. The maximum atomic E-state index is 4.67. The van der Waals surface area contributed by atoms with Gasteiger partial charge in [-0.25, -0.2) is 4.98 Å². The van der Waals surface area contributed by atoms with Gasteiger partial charge in [-0.2, -0.15) is 0 Å². The third-order valence-electron chi connectivity index (χ3n) is 4.67. The molecule has 0 aliphatic rings. The minimum Gasteiger partial charge on any atom is -0.344 e. The van der Waals surface area contributed by atoms with E-state index >= 15 is 0 Å². The van der Waals surface area contributed by atoms with E-state index in [1.807, 2.05) is 6.07 Å². The first kappa shape index (κ1) is 14.4. The van der Waals surface area contributed by atoms with Crippen LogP contribution in [0, 0.1) is 0 Å². The van der Waals surface area contributed by atoms with Crippen LogP contribution in [0.15, 0.2) is 66.7 Å². The maximum absolute atomic E-state index is 4.67. The van der Waals surface area contributed by atoms with Crippen LogP contribution >= 0.6 is 11.3 Å². The third kappa shape index (κ3) is 2.36. The molecule has 3 aromatic carbocycles. The van der Waals surface area contributed by atoms with Gasteiger partial charge in [0.15, 0.2) is 0 Å². The highest BCUT2D eigenvalue weighted by atomic mass is 32.1. The summed E-state index contributed by atoms with van der Waals surface area (Å²) in [4.78, 5) is 4.67. The van der Waals surface area contributed by atoms with E-state index in [0.29, 0.717) is 0 Å². The Morgan fingerprint density at radius 3 is 2.56 bits per heavy atom. The van der Waals surface area contributed by atoms with Gasteiger partial charge in [-0.05, 0) is 35.9 Å². The zero-order valence-electron chi connectivity index (χ0n) is 13.8. The third-order valence-corrected chi connectivity index (χ3v) is 5.67. The molecular weight excluding hydrogens is 324 g/mol. The van der Waals surface area contributed by atoms with Crippen LogP contribution in [0.5, 0.6) is 0 Å². The molecule has 2 nitrogen and oxygen atoms in total. The van der Waals surface area contributed by atoms with E-state index in [2.05, 4.69) is 89.4 Å². The average Bonchev–Trinajstić information content (AvgIpc) is 3.20. The van der Waals surface area contributed by atoms with E-state index in [1.165, 1.54) is 32.1 Å². The van der Waals surface area contributed by atoms with Crippen LogP contribution in [0.25, 0.3) is 44.2 Å². The Labute approximate surface area is 149 Å². The van der Waals surface area contributed by atoms with Crippen LogP contribution < -0.4 is 0 Å². The van der Waals surface area contributed by atoms with Crippen molar-refractivity contribution in [1.29, 1.82) is 0 Å². The molecule has 0 fully saturated rings. The van der Waals surface area contributed by atoms with Crippen molar-refractivity contribution in [2.24, 2.45) is 7.05 Å². The number of hydrogen-bond donors (Lipinski definition) is 0. The Morgan fingerprint density at radius 1 is 0.840 bits per heavy atom. The monoisotopic (exact) mass is 340 g/mol. The van der Waals surface area contributed by atoms with E-state index < -0.39 is 0 Å². The van der Waals surface area contributed by atoms with Crippen LogP contribution in [0.4, 0.5) is 0 Å². The van der Waals surface area contributed by atoms with Crippen molar-refractivity contribution in [1.82, 2.24) is 9.55 Å². The van der Waals surface area contributed by atoms with Crippen molar-refractivity contribution < 1.29 is 0 Å². The molecule has 25 heavy (non-hydrogen) atoms. The fourth-order valence-electron chi connectivity index (χ4n) is 3.41. The minimum atomic E-state index is 1.04. The summed E-state index contributed by atoms with van der Waals surface area (Å²) in [5.74, 6) is 0. The molecule has 0 saturated heterocycles. The number of aromatic nitrogens is 2. The summed E-state index contributed by atoms with van der Waals surface area (Å²) in [6, 6.07) is 23.5. The fraction of sp³-hybridized carbons (Fsp3) is 0.0455. The Morgan fingerprint density at radius 2 is 1.64 bits per heavy atom. The van der Waals surface area contributed by atoms with E-state index in [4.69, 9.17) is 0 Å². The number of benzene rings is 3. The number of hydrogen-bond acceptors (Lipinski definition) is 2. The van der Waals surface area contributed by atoms with Crippen LogP contribution in [0.3, 0.4) is 0 Å². The lowest BCUT2D eigenvalue weighted by Crippen LogP contribution is -1.86.